The number of likely N-dealkylation sites (N-methyl/N-ethyl adjacent to an activating group) is 1. The molecule has 0 saturated heterocycles. The molecule has 1 heterocycles. The lowest BCUT2D eigenvalue weighted by Gasteiger charge is -2.38. The fourth-order valence-electron chi connectivity index (χ4n) is 4.60. The molecule has 35 heavy (non-hydrogen) atoms. The van der Waals surface area contributed by atoms with Crippen LogP contribution in [-0.4, -0.2) is 37.5 Å². The molecule has 4 nitrogen and oxygen atoms in total. The van der Waals surface area contributed by atoms with Crippen LogP contribution in [0.5, 0.6) is 0 Å². The Morgan fingerprint density at radius 1 is 0.857 bits per heavy atom. The number of nitrogens with one attached hydrogen (secondary N) is 1. The lowest BCUT2D eigenvalue weighted by Crippen LogP contribution is -2.40. The van der Waals surface area contributed by atoms with Crippen LogP contribution >= 0.6 is 0 Å². The quantitative estimate of drug-likeness (QED) is 0.383. The van der Waals surface area contributed by atoms with Crippen molar-refractivity contribution in [3.05, 3.63) is 132 Å². The van der Waals surface area contributed by atoms with Crippen LogP contribution in [0.4, 0.5) is 0 Å². The average Bonchev–Trinajstić information content (AvgIpc) is 2.90. The van der Waals surface area contributed by atoms with Crippen LogP contribution in [0.25, 0.3) is 0 Å². The molecule has 4 heteroatoms. The summed E-state index contributed by atoms with van der Waals surface area (Å²) >= 11 is 0. The van der Waals surface area contributed by atoms with E-state index in [1.54, 1.807) is 0 Å². The molecule has 182 valence electrons. The van der Waals surface area contributed by atoms with Crippen molar-refractivity contribution in [3.63, 3.8) is 0 Å². The molecule has 3 aromatic carbocycles. The van der Waals surface area contributed by atoms with E-state index < -0.39 is 0 Å². The highest BCUT2D eigenvalue weighted by molar-refractivity contribution is 5.38. The van der Waals surface area contributed by atoms with Crippen LogP contribution in [0.2, 0.25) is 0 Å². The van der Waals surface area contributed by atoms with Gasteiger partial charge in [-0.25, -0.2) is 0 Å². The van der Waals surface area contributed by atoms with Crippen LogP contribution in [0.1, 0.15) is 34.8 Å². The fraction of sp³-hybridized carbons (Fsp3) is 0.290. The Labute approximate surface area is 210 Å². The molecule has 0 fully saturated rings. The van der Waals surface area contributed by atoms with Gasteiger partial charge >= 0.3 is 0 Å². The number of benzene rings is 3. The van der Waals surface area contributed by atoms with Gasteiger partial charge in [-0.05, 0) is 68.5 Å². The Kier molecular flexibility index (Phi) is 8.54. The number of hydrogen-bond acceptors (Lipinski definition) is 4. The molecule has 0 amide bonds. The summed E-state index contributed by atoms with van der Waals surface area (Å²) in [5, 5.41) is 3.24. The minimum Gasteiger partial charge on any atom is -0.369 e. The molecule has 3 aromatic rings. The summed E-state index contributed by atoms with van der Waals surface area (Å²) < 4.78 is 6.38. The van der Waals surface area contributed by atoms with Gasteiger partial charge in [0.1, 0.15) is 0 Å². The van der Waals surface area contributed by atoms with Crippen LogP contribution in [-0.2, 0) is 23.4 Å². The van der Waals surface area contributed by atoms with Gasteiger partial charge in [-0.15, -0.1) is 0 Å². The Hall–Kier alpha value is -3.18. The highest BCUT2D eigenvalue weighted by Gasteiger charge is 2.31. The van der Waals surface area contributed by atoms with Crippen LogP contribution in [0.3, 0.4) is 0 Å². The van der Waals surface area contributed by atoms with E-state index in [2.05, 4.69) is 133 Å². The molecule has 0 bridgehead atoms. The zero-order valence-electron chi connectivity index (χ0n) is 21.1. The van der Waals surface area contributed by atoms with Crippen molar-refractivity contribution in [2.24, 2.45) is 0 Å². The second-order valence-electron chi connectivity index (χ2n) is 9.31. The lowest BCUT2D eigenvalue weighted by molar-refractivity contribution is 0.0343. The topological polar surface area (TPSA) is 27.7 Å². The van der Waals surface area contributed by atoms with E-state index in [1.807, 2.05) is 13.1 Å². The largest absolute Gasteiger partial charge is 0.369 e. The molecule has 0 aromatic heterocycles. The van der Waals surface area contributed by atoms with Gasteiger partial charge in [-0.1, -0.05) is 84.9 Å². The first-order valence-electron chi connectivity index (χ1n) is 12.4. The summed E-state index contributed by atoms with van der Waals surface area (Å²) in [6.07, 6.45) is 9.97. The summed E-state index contributed by atoms with van der Waals surface area (Å²) in [7, 11) is 6.23. The van der Waals surface area contributed by atoms with Gasteiger partial charge in [-0.2, -0.15) is 0 Å². The maximum absolute atomic E-state index is 6.38. The Morgan fingerprint density at radius 3 is 2.17 bits per heavy atom. The molecular formula is C31H37N3O. The molecule has 1 aliphatic heterocycles. The van der Waals surface area contributed by atoms with Gasteiger partial charge in [0.05, 0.1) is 18.2 Å². The summed E-state index contributed by atoms with van der Waals surface area (Å²) in [6, 6.07) is 29.9. The van der Waals surface area contributed by atoms with Gasteiger partial charge in [-0.3, -0.25) is 4.90 Å². The molecule has 1 aliphatic rings. The number of ether oxygens (including phenoxy) is 1. The predicted octanol–water partition coefficient (Wildman–Crippen LogP) is 5.85. The van der Waals surface area contributed by atoms with Crippen molar-refractivity contribution >= 4 is 0 Å². The predicted molar refractivity (Wildman–Crippen MR) is 145 cm³/mol. The third-order valence-corrected chi connectivity index (χ3v) is 6.65. The Balaban J connectivity index is 1.41. The number of hydrogen-bond donors (Lipinski definition) is 1. The summed E-state index contributed by atoms with van der Waals surface area (Å²) in [5.74, 6) is 0. The summed E-state index contributed by atoms with van der Waals surface area (Å²) in [5.41, 5.74) is 4.73. The normalized spacial score (nSPS) is 15.5. The molecular weight excluding hydrogens is 430 g/mol. The first-order chi connectivity index (χ1) is 17.1. The van der Waals surface area contributed by atoms with E-state index >= 15 is 0 Å². The van der Waals surface area contributed by atoms with Crippen molar-refractivity contribution in [1.82, 2.24) is 15.1 Å². The van der Waals surface area contributed by atoms with Crippen molar-refractivity contribution in [2.45, 2.75) is 31.2 Å². The minimum atomic E-state index is -0.229. The van der Waals surface area contributed by atoms with E-state index in [4.69, 9.17) is 4.74 Å². The second-order valence-corrected chi connectivity index (χ2v) is 9.31. The van der Waals surface area contributed by atoms with Crippen molar-refractivity contribution in [3.8, 4) is 0 Å². The third-order valence-electron chi connectivity index (χ3n) is 6.65. The minimum absolute atomic E-state index is 0.0809. The second kappa shape index (κ2) is 12.0. The highest BCUT2D eigenvalue weighted by Crippen LogP contribution is 2.33. The van der Waals surface area contributed by atoms with Crippen LogP contribution in [0, 0.1) is 0 Å². The first-order valence-corrected chi connectivity index (χ1v) is 12.4. The van der Waals surface area contributed by atoms with E-state index in [0.717, 1.165) is 19.5 Å². The van der Waals surface area contributed by atoms with Crippen LogP contribution in [0.15, 0.2) is 109 Å². The van der Waals surface area contributed by atoms with E-state index in [-0.39, 0.29) is 11.6 Å². The van der Waals surface area contributed by atoms with Gasteiger partial charge < -0.3 is 15.0 Å². The van der Waals surface area contributed by atoms with E-state index in [9.17, 15) is 0 Å². The number of nitrogens with zero attached hydrogens (tertiary/aromatic N) is 2. The van der Waals surface area contributed by atoms with E-state index in [1.165, 1.54) is 22.3 Å². The maximum atomic E-state index is 6.38. The lowest BCUT2D eigenvalue weighted by atomic mass is 9.87. The molecule has 0 saturated carbocycles. The number of rotatable bonds is 11. The van der Waals surface area contributed by atoms with Gasteiger partial charge in [0.25, 0.3) is 0 Å². The molecule has 4 rings (SSSR count). The molecule has 0 aliphatic carbocycles. The molecule has 1 N–H and O–H groups in total. The average molecular weight is 468 g/mol. The molecule has 1 atom stereocenters. The zero-order chi connectivity index (χ0) is 24.5. The smallest absolute Gasteiger partial charge is 0.0861 e. The first kappa shape index (κ1) is 24.9. The highest BCUT2D eigenvalue weighted by atomic mass is 16.5. The summed E-state index contributed by atoms with van der Waals surface area (Å²) in [4.78, 5) is 4.49. The van der Waals surface area contributed by atoms with Gasteiger partial charge in [0, 0.05) is 18.9 Å². The van der Waals surface area contributed by atoms with E-state index in [0.29, 0.717) is 6.61 Å². The van der Waals surface area contributed by atoms with Crippen molar-refractivity contribution in [1.29, 1.82) is 0 Å². The van der Waals surface area contributed by atoms with Crippen molar-refractivity contribution < 1.29 is 4.74 Å². The maximum Gasteiger partial charge on any atom is 0.0861 e. The van der Waals surface area contributed by atoms with Gasteiger partial charge in [0.2, 0.25) is 0 Å². The van der Waals surface area contributed by atoms with Crippen molar-refractivity contribution in [2.75, 3.05) is 27.7 Å². The Bertz CT molecular complexity index is 1090. The monoisotopic (exact) mass is 467 g/mol. The molecule has 1 unspecified atom stereocenters. The SMILES string of the molecule is CNCCC(OCc1cccc(CN2C=CC(c3ccccc3)(N(C)C)C=C2)c1)c1ccccc1. The molecule has 0 radical (unpaired) electrons. The Morgan fingerprint density at radius 2 is 1.51 bits per heavy atom. The fourth-order valence-corrected chi connectivity index (χ4v) is 4.60. The standard InChI is InChI=1S/C31H37N3O/c1-32-20-17-30(28-13-6-4-7-14-28)35-25-27-12-10-11-26(23-27)24-34-21-18-31(19-22-34,33(2)3)29-15-8-5-9-16-29/h4-16,18-19,21-23,30,32H,17,20,24-25H2,1-3H3. The molecule has 0 spiro atoms. The summed E-state index contributed by atoms with van der Waals surface area (Å²) in [6.45, 7) is 2.34. The van der Waals surface area contributed by atoms with Gasteiger partial charge in [0.15, 0.2) is 0 Å². The third kappa shape index (κ3) is 6.29. The zero-order valence-corrected chi connectivity index (χ0v) is 21.1. The van der Waals surface area contributed by atoms with Crippen LogP contribution < -0.4 is 5.32 Å².